The molecule has 0 spiro atoms. The van der Waals surface area contributed by atoms with E-state index in [2.05, 4.69) is 0 Å². The molecule has 94 valence electrons. The minimum Gasteiger partial charge on any atom is -0.496 e. The summed E-state index contributed by atoms with van der Waals surface area (Å²) in [5, 5.41) is 2.84. The molecule has 1 aromatic carbocycles. The van der Waals surface area contributed by atoms with Gasteiger partial charge in [-0.05, 0) is 36.1 Å². The zero-order valence-corrected chi connectivity index (χ0v) is 12.1. The van der Waals surface area contributed by atoms with Gasteiger partial charge in [-0.25, -0.2) is 0 Å². The zero-order chi connectivity index (χ0) is 13.3. The number of thiophene rings is 1. The summed E-state index contributed by atoms with van der Waals surface area (Å²) in [6.07, 6.45) is 0. The number of carbonyl (C=O) groups excluding carboxylic acids is 1. The van der Waals surface area contributed by atoms with Crippen LogP contribution in [0.1, 0.15) is 20.8 Å². The van der Waals surface area contributed by atoms with Crippen molar-refractivity contribution in [3.63, 3.8) is 0 Å². The molecule has 0 bridgehead atoms. The summed E-state index contributed by atoms with van der Waals surface area (Å²) in [5.74, 6) is 0.323. The molecule has 0 aliphatic rings. The van der Waals surface area contributed by atoms with E-state index in [4.69, 9.17) is 27.9 Å². The van der Waals surface area contributed by atoms with Gasteiger partial charge in [0, 0.05) is 5.02 Å². The number of hydrogen-bond acceptors (Lipinski definition) is 3. The number of benzene rings is 1. The summed E-state index contributed by atoms with van der Waals surface area (Å²) in [7, 11) is 1.52. The Hall–Kier alpha value is -1.03. The van der Waals surface area contributed by atoms with Gasteiger partial charge in [-0.3, -0.25) is 4.79 Å². The van der Waals surface area contributed by atoms with Gasteiger partial charge in [0.05, 0.1) is 22.6 Å². The van der Waals surface area contributed by atoms with Crippen LogP contribution in [0.3, 0.4) is 0 Å². The average Bonchev–Trinajstić information content (AvgIpc) is 2.69. The molecule has 5 heteroatoms. The Morgan fingerprint density at radius 2 is 2.06 bits per heavy atom. The highest BCUT2D eigenvalue weighted by molar-refractivity contribution is 7.13. The summed E-state index contributed by atoms with van der Waals surface area (Å²) in [6.45, 7) is 1.87. The third-order valence-corrected chi connectivity index (χ3v) is 4.44. The largest absolute Gasteiger partial charge is 0.496 e. The second kappa shape index (κ2) is 5.31. The Balaban J connectivity index is 2.52. The van der Waals surface area contributed by atoms with Crippen LogP contribution >= 0.6 is 34.5 Å². The topological polar surface area (TPSA) is 26.3 Å². The maximum absolute atomic E-state index is 12.4. The summed E-state index contributed by atoms with van der Waals surface area (Å²) in [6, 6.07) is 4.94. The Labute approximate surface area is 119 Å². The summed E-state index contributed by atoms with van der Waals surface area (Å²) < 4.78 is 5.17. The number of ketones is 1. The third-order valence-electron chi connectivity index (χ3n) is 2.51. The van der Waals surface area contributed by atoms with Gasteiger partial charge in [0.25, 0.3) is 0 Å². The van der Waals surface area contributed by atoms with Gasteiger partial charge in [-0.2, -0.15) is 0 Å². The minimum atomic E-state index is -0.169. The normalized spacial score (nSPS) is 10.4. The van der Waals surface area contributed by atoms with Gasteiger partial charge < -0.3 is 4.74 Å². The first kappa shape index (κ1) is 13.4. The quantitative estimate of drug-likeness (QED) is 0.774. The van der Waals surface area contributed by atoms with Crippen LogP contribution in [0.2, 0.25) is 10.0 Å². The first-order valence-electron chi connectivity index (χ1n) is 5.16. The second-order valence-electron chi connectivity index (χ2n) is 3.74. The van der Waals surface area contributed by atoms with E-state index in [1.165, 1.54) is 18.4 Å². The van der Waals surface area contributed by atoms with Crippen molar-refractivity contribution in [3.05, 3.63) is 49.6 Å². The van der Waals surface area contributed by atoms with E-state index in [9.17, 15) is 4.79 Å². The number of methoxy groups -OCH3 is 1. The highest BCUT2D eigenvalue weighted by Crippen LogP contribution is 2.32. The molecule has 18 heavy (non-hydrogen) atoms. The zero-order valence-electron chi connectivity index (χ0n) is 9.79. The lowest BCUT2D eigenvalue weighted by atomic mass is 10.1. The van der Waals surface area contributed by atoms with Crippen molar-refractivity contribution >= 4 is 40.3 Å². The van der Waals surface area contributed by atoms with Gasteiger partial charge in [0.1, 0.15) is 5.75 Å². The van der Waals surface area contributed by atoms with Gasteiger partial charge in [-0.15, -0.1) is 11.3 Å². The van der Waals surface area contributed by atoms with Crippen molar-refractivity contribution in [3.8, 4) is 5.75 Å². The molecule has 0 N–H and O–H groups in total. The number of hydrogen-bond donors (Lipinski definition) is 0. The van der Waals surface area contributed by atoms with Crippen molar-refractivity contribution < 1.29 is 9.53 Å². The molecular weight excluding hydrogens is 291 g/mol. The number of aryl methyl sites for hydroxylation is 1. The van der Waals surface area contributed by atoms with E-state index < -0.39 is 0 Å². The molecule has 2 rings (SSSR count). The molecule has 0 saturated carbocycles. The van der Waals surface area contributed by atoms with Gasteiger partial charge >= 0.3 is 0 Å². The first-order valence-corrected chi connectivity index (χ1v) is 6.80. The molecule has 1 aromatic heterocycles. The fraction of sp³-hybridized carbons (Fsp3) is 0.154. The SMILES string of the molecule is COc1ccc(Cl)cc1C(=O)c1scc(C)c1Cl. The first-order chi connectivity index (χ1) is 8.54. The van der Waals surface area contributed by atoms with E-state index >= 15 is 0 Å². The van der Waals surface area contributed by atoms with Crippen molar-refractivity contribution in [2.75, 3.05) is 7.11 Å². The van der Waals surface area contributed by atoms with Crippen LogP contribution in [0, 0.1) is 6.92 Å². The molecule has 0 atom stereocenters. The van der Waals surface area contributed by atoms with Crippen LogP contribution < -0.4 is 4.74 Å². The average molecular weight is 301 g/mol. The van der Waals surface area contributed by atoms with Gasteiger partial charge in [-0.1, -0.05) is 23.2 Å². The molecule has 2 nitrogen and oxygen atoms in total. The molecule has 2 aromatic rings. The van der Waals surface area contributed by atoms with E-state index in [-0.39, 0.29) is 5.78 Å². The predicted molar refractivity (Wildman–Crippen MR) is 75.5 cm³/mol. The number of ether oxygens (including phenoxy) is 1. The van der Waals surface area contributed by atoms with Crippen molar-refractivity contribution in [1.82, 2.24) is 0 Å². The van der Waals surface area contributed by atoms with E-state index in [0.29, 0.717) is 26.2 Å². The fourth-order valence-electron chi connectivity index (χ4n) is 1.56. The molecule has 0 aliphatic heterocycles. The Morgan fingerprint density at radius 3 is 2.61 bits per heavy atom. The molecule has 0 aliphatic carbocycles. The van der Waals surface area contributed by atoms with E-state index in [1.54, 1.807) is 18.2 Å². The minimum absolute atomic E-state index is 0.169. The Morgan fingerprint density at radius 1 is 1.33 bits per heavy atom. The smallest absolute Gasteiger partial charge is 0.208 e. The monoisotopic (exact) mass is 300 g/mol. The Kier molecular flexibility index (Phi) is 3.95. The number of carbonyl (C=O) groups is 1. The lowest BCUT2D eigenvalue weighted by Gasteiger charge is -2.07. The molecule has 0 fully saturated rings. The van der Waals surface area contributed by atoms with Crippen LogP contribution in [0.5, 0.6) is 5.75 Å². The predicted octanol–water partition coefficient (Wildman–Crippen LogP) is 4.60. The van der Waals surface area contributed by atoms with Crippen LogP contribution in [-0.4, -0.2) is 12.9 Å². The van der Waals surface area contributed by atoms with Crippen LogP contribution in [0.15, 0.2) is 23.6 Å². The summed E-state index contributed by atoms with van der Waals surface area (Å²) in [4.78, 5) is 12.9. The molecule has 1 heterocycles. The molecule has 0 radical (unpaired) electrons. The molecule has 0 unspecified atom stereocenters. The Bertz CT molecular complexity index is 605. The molecule has 0 amide bonds. The summed E-state index contributed by atoms with van der Waals surface area (Å²) in [5.41, 5.74) is 1.32. The second-order valence-corrected chi connectivity index (χ2v) is 5.43. The number of rotatable bonds is 3. The number of halogens is 2. The van der Waals surface area contributed by atoms with Crippen molar-refractivity contribution in [1.29, 1.82) is 0 Å². The van der Waals surface area contributed by atoms with Crippen molar-refractivity contribution in [2.24, 2.45) is 0 Å². The lowest BCUT2D eigenvalue weighted by Crippen LogP contribution is -2.02. The highest BCUT2D eigenvalue weighted by Gasteiger charge is 2.20. The van der Waals surface area contributed by atoms with E-state index in [0.717, 1.165) is 5.56 Å². The standard InChI is InChI=1S/C13H10Cl2O2S/c1-7-6-18-13(11(7)15)12(16)9-5-8(14)3-4-10(9)17-2/h3-6H,1-2H3. The van der Waals surface area contributed by atoms with Crippen LogP contribution in [-0.2, 0) is 0 Å². The van der Waals surface area contributed by atoms with Crippen molar-refractivity contribution in [2.45, 2.75) is 6.92 Å². The summed E-state index contributed by atoms with van der Waals surface area (Å²) >= 11 is 13.3. The maximum atomic E-state index is 12.4. The maximum Gasteiger partial charge on any atom is 0.208 e. The van der Waals surface area contributed by atoms with E-state index in [1.807, 2.05) is 12.3 Å². The van der Waals surface area contributed by atoms with Crippen LogP contribution in [0.25, 0.3) is 0 Å². The highest BCUT2D eigenvalue weighted by atomic mass is 35.5. The van der Waals surface area contributed by atoms with Gasteiger partial charge in [0.15, 0.2) is 0 Å². The van der Waals surface area contributed by atoms with Crippen LogP contribution in [0.4, 0.5) is 0 Å². The third kappa shape index (κ3) is 2.39. The molecule has 0 saturated heterocycles. The van der Waals surface area contributed by atoms with Gasteiger partial charge in [0.2, 0.25) is 5.78 Å². The fourth-order valence-corrected chi connectivity index (χ4v) is 2.97. The molecular formula is C13H10Cl2O2S. The lowest BCUT2D eigenvalue weighted by molar-refractivity contribution is 0.103.